The second-order valence-corrected chi connectivity index (χ2v) is 6.61. The summed E-state index contributed by atoms with van der Waals surface area (Å²) in [6.07, 6.45) is 3.10. The van der Waals surface area contributed by atoms with Crippen molar-refractivity contribution >= 4 is 39.1 Å². The van der Waals surface area contributed by atoms with Crippen molar-refractivity contribution in [1.82, 2.24) is 4.98 Å². The standard InChI is InChI=1S/C20H16BrN3O2/c1-13-5-2-3-8-18(13)20(26)24-17-7-4-6-16(10-17)23-19(25)14-9-15(21)12-22-11-14/h2-12H,1H3,(H,23,25)(H,24,26). The van der Waals surface area contributed by atoms with Crippen molar-refractivity contribution in [2.45, 2.75) is 6.92 Å². The molecule has 1 heterocycles. The molecule has 6 heteroatoms. The van der Waals surface area contributed by atoms with Gasteiger partial charge in [-0.3, -0.25) is 14.6 Å². The van der Waals surface area contributed by atoms with Crippen LogP contribution in [0.5, 0.6) is 0 Å². The van der Waals surface area contributed by atoms with Gasteiger partial charge in [-0.25, -0.2) is 0 Å². The van der Waals surface area contributed by atoms with Crippen LogP contribution >= 0.6 is 15.9 Å². The molecule has 0 spiro atoms. The number of anilines is 2. The van der Waals surface area contributed by atoms with Gasteiger partial charge in [0.25, 0.3) is 11.8 Å². The van der Waals surface area contributed by atoms with Gasteiger partial charge in [-0.1, -0.05) is 24.3 Å². The van der Waals surface area contributed by atoms with Gasteiger partial charge in [0.15, 0.2) is 0 Å². The van der Waals surface area contributed by atoms with Crippen molar-refractivity contribution in [3.8, 4) is 0 Å². The molecule has 0 saturated heterocycles. The highest BCUT2D eigenvalue weighted by atomic mass is 79.9. The predicted octanol–water partition coefficient (Wildman–Crippen LogP) is 4.66. The van der Waals surface area contributed by atoms with E-state index >= 15 is 0 Å². The number of nitrogens with zero attached hydrogens (tertiary/aromatic N) is 1. The van der Waals surface area contributed by atoms with E-state index in [1.165, 1.54) is 6.20 Å². The molecule has 0 atom stereocenters. The highest BCUT2D eigenvalue weighted by Crippen LogP contribution is 2.18. The SMILES string of the molecule is Cc1ccccc1C(=O)Nc1cccc(NC(=O)c2cncc(Br)c2)c1. The molecule has 0 unspecified atom stereocenters. The maximum atomic E-state index is 12.4. The molecule has 1 aromatic heterocycles. The van der Waals surface area contributed by atoms with Crippen LogP contribution in [0.15, 0.2) is 71.5 Å². The lowest BCUT2D eigenvalue weighted by molar-refractivity contribution is 0.101. The summed E-state index contributed by atoms with van der Waals surface area (Å²) < 4.78 is 0.726. The first-order chi connectivity index (χ1) is 12.5. The Labute approximate surface area is 159 Å². The number of hydrogen-bond donors (Lipinski definition) is 2. The highest BCUT2D eigenvalue weighted by Gasteiger charge is 2.10. The number of rotatable bonds is 4. The van der Waals surface area contributed by atoms with Gasteiger partial charge in [0.1, 0.15) is 0 Å². The number of halogens is 1. The summed E-state index contributed by atoms with van der Waals surface area (Å²) >= 11 is 3.29. The van der Waals surface area contributed by atoms with Gasteiger partial charge in [0.05, 0.1) is 5.56 Å². The second-order valence-electron chi connectivity index (χ2n) is 5.70. The van der Waals surface area contributed by atoms with Crippen LogP contribution in [0.25, 0.3) is 0 Å². The van der Waals surface area contributed by atoms with E-state index in [-0.39, 0.29) is 11.8 Å². The van der Waals surface area contributed by atoms with Crippen molar-refractivity contribution < 1.29 is 9.59 Å². The van der Waals surface area contributed by atoms with Crippen LogP contribution in [0, 0.1) is 6.92 Å². The molecular weight excluding hydrogens is 394 g/mol. The molecule has 0 fully saturated rings. The monoisotopic (exact) mass is 409 g/mol. The number of amides is 2. The Morgan fingerprint density at radius 3 is 2.27 bits per heavy atom. The molecule has 26 heavy (non-hydrogen) atoms. The maximum Gasteiger partial charge on any atom is 0.257 e. The molecule has 0 aliphatic heterocycles. The Bertz CT molecular complexity index is 973. The average Bonchev–Trinajstić information content (AvgIpc) is 2.62. The molecule has 2 aromatic carbocycles. The normalized spacial score (nSPS) is 10.2. The minimum Gasteiger partial charge on any atom is -0.322 e. The molecule has 0 radical (unpaired) electrons. The first kappa shape index (κ1) is 17.8. The van der Waals surface area contributed by atoms with E-state index in [0.717, 1.165) is 10.0 Å². The molecular formula is C20H16BrN3O2. The van der Waals surface area contributed by atoms with Crippen LogP contribution in [0.3, 0.4) is 0 Å². The number of carbonyl (C=O) groups is 2. The fraction of sp³-hybridized carbons (Fsp3) is 0.0500. The quantitative estimate of drug-likeness (QED) is 0.658. The van der Waals surface area contributed by atoms with Gasteiger partial charge in [0, 0.05) is 33.8 Å². The van der Waals surface area contributed by atoms with Crippen LogP contribution in [-0.4, -0.2) is 16.8 Å². The topological polar surface area (TPSA) is 71.1 Å². The number of nitrogens with one attached hydrogen (secondary N) is 2. The fourth-order valence-electron chi connectivity index (χ4n) is 2.44. The number of hydrogen-bond acceptors (Lipinski definition) is 3. The van der Waals surface area contributed by atoms with Gasteiger partial charge in [-0.05, 0) is 58.7 Å². The number of carbonyl (C=O) groups excluding carboxylic acids is 2. The fourth-order valence-corrected chi connectivity index (χ4v) is 2.80. The van der Waals surface area contributed by atoms with E-state index in [2.05, 4.69) is 31.5 Å². The van der Waals surface area contributed by atoms with Crippen molar-refractivity contribution in [3.63, 3.8) is 0 Å². The van der Waals surface area contributed by atoms with Crippen LogP contribution in [0.2, 0.25) is 0 Å². The zero-order valence-electron chi connectivity index (χ0n) is 14.0. The number of aryl methyl sites for hydroxylation is 1. The summed E-state index contributed by atoms with van der Waals surface area (Å²) in [7, 11) is 0. The number of benzene rings is 2. The maximum absolute atomic E-state index is 12.4. The van der Waals surface area contributed by atoms with E-state index in [0.29, 0.717) is 22.5 Å². The lowest BCUT2D eigenvalue weighted by Crippen LogP contribution is -2.14. The van der Waals surface area contributed by atoms with E-state index in [1.807, 2.05) is 25.1 Å². The van der Waals surface area contributed by atoms with Crippen molar-refractivity contribution in [3.05, 3.63) is 88.2 Å². The molecule has 0 bridgehead atoms. The Hall–Kier alpha value is -2.99. The number of pyridine rings is 1. The summed E-state index contributed by atoms with van der Waals surface area (Å²) in [6, 6.07) is 16.1. The second kappa shape index (κ2) is 7.93. The number of aromatic nitrogens is 1. The van der Waals surface area contributed by atoms with Crippen molar-refractivity contribution in [1.29, 1.82) is 0 Å². The highest BCUT2D eigenvalue weighted by molar-refractivity contribution is 9.10. The summed E-state index contributed by atoms with van der Waals surface area (Å²) in [5.74, 6) is -0.469. The van der Waals surface area contributed by atoms with Crippen LogP contribution < -0.4 is 10.6 Å². The minimum atomic E-state index is -0.277. The minimum absolute atomic E-state index is 0.192. The Morgan fingerprint density at radius 2 is 1.58 bits per heavy atom. The van der Waals surface area contributed by atoms with Crippen molar-refractivity contribution in [2.24, 2.45) is 0 Å². The van der Waals surface area contributed by atoms with Crippen LogP contribution in [0.4, 0.5) is 11.4 Å². The molecule has 130 valence electrons. The summed E-state index contributed by atoms with van der Waals surface area (Å²) in [4.78, 5) is 28.7. The molecule has 0 saturated carbocycles. The van der Waals surface area contributed by atoms with Gasteiger partial charge >= 0.3 is 0 Å². The van der Waals surface area contributed by atoms with Crippen LogP contribution in [0.1, 0.15) is 26.3 Å². The molecule has 3 rings (SSSR count). The molecule has 2 amide bonds. The van der Waals surface area contributed by atoms with Crippen molar-refractivity contribution in [2.75, 3.05) is 10.6 Å². The van der Waals surface area contributed by atoms with Gasteiger partial charge in [-0.15, -0.1) is 0 Å². The largest absolute Gasteiger partial charge is 0.322 e. The predicted molar refractivity (Wildman–Crippen MR) is 105 cm³/mol. The first-order valence-electron chi connectivity index (χ1n) is 7.92. The van der Waals surface area contributed by atoms with Crippen LogP contribution in [-0.2, 0) is 0 Å². The molecule has 3 aromatic rings. The first-order valence-corrected chi connectivity index (χ1v) is 8.71. The van der Waals surface area contributed by atoms with Gasteiger partial charge < -0.3 is 10.6 Å². The average molecular weight is 410 g/mol. The Kier molecular flexibility index (Phi) is 5.43. The molecule has 0 aliphatic carbocycles. The van der Waals surface area contributed by atoms with E-state index < -0.39 is 0 Å². The third-order valence-corrected chi connectivity index (χ3v) is 4.17. The third kappa shape index (κ3) is 4.34. The van der Waals surface area contributed by atoms with E-state index in [4.69, 9.17) is 0 Å². The molecule has 5 nitrogen and oxygen atoms in total. The molecule has 2 N–H and O–H groups in total. The van der Waals surface area contributed by atoms with Gasteiger partial charge in [0.2, 0.25) is 0 Å². The van der Waals surface area contributed by atoms with Gasteiger partial charge in [-0.2, -0.15) is 0 Å². The zero-order valence-corrected chi connectivity index (χ0v) is 15.6. The smallest absolute Gasteiger partial charge is 0.257 e. The van der Waals surface area contributed by atoms with E-state index in [1.54, 1.807) is 42.6 Å². The zero-order chi connectivity index (χ0) is 18.5. The summed E-state index contributed by atoms with van der Waals surface area (Å²) in [5, 5.41) is 5.65. The summed E-state index contributed by atoms with van der Waals surface area (Å²) in [6.45, 7) is 1.89. The Morgan fingerprint density at radius 1 is 0.885 bits per heavy atom. The lowest BCUT2D eigenvalue weighted by Gasteiger charge is -2.10. The third-order valence-electron chi connectivity index (χ3n) is 3.74. The Balaban J connectivity index is 1.73. The lowest BCUT2D eigenvalue weighted by atomic mass is 10.1. The van der Waals surface area contributed by atoms with E-state index in [9.17, 15) is 9.59 Å². The molecule has 0 aliphatic rings. The summed E-state index contributed by atoms with van der Waals surface area (Å²) in [5.41, 5.74) is 3.13.